The summed E-state index contributed by atoms with van der Waals surface area (Å²) in [5, 5.41) is 2.57. The summed E-state index contributed by atoms with van der Waals surface area (Å²) in [5.41, 5.74) is 0.0427. The first-order valence-electron chi connectivity index (χ1n) is 10.6. The van der Waals surface area contributed by atoms with E-state index in [-0.39, 0.29) is 35.6 Å². The Bertz CT molecular complexity index is 1180. The van der Waals surface area contributed by atoms with Gasteiger partial charge in [0, 0.05) is 37.5 Å². The molecule has 4 rings (SSSR count). The van der Waals surface area contributed by atoms with Crippen molar-refractivity contribution in [3.8, 4) is 0 Å². The van der Waals surface area contributed by atoms with E-state index in [4.69, 9.17) is 4.74 Å². The second-order valence-electron chi connectivity index (χ2n) is 7.89. The van der Waals surface area contributed by atoms with Gasteiger partial charge in [-0.25, -0.2) is 4.79 Å². The van der Waals surface area contributed by atoms with Gasteiger partial charge in [0.05, 0.1) is 23.4 Å². The number of nitrogens with zero attached hydrogens (tertiary/aromatic N) is 3. The molecule has 0 spiro atoms. The largest absolute Gasteiger partial charge is 0.466 e. The molecular weight excluding hydrogens is 414 g/mol. The fourth-order valence-corrected chi connectivity index (χ4v) is 5.38. The van der Waals surface area contributed by atoms with E-state index in [1.165, 1.54) is 14.0 Å². The molecule has 3 aromatic rings. The van der Waals surface area contributed by atoms with Gasteiger partial charge in [-0.1, -0.05) is 18.2 Å². The van der Waals surface area contributed by atoms with Gasteiger partial charge in [-0.15, -0.1) is 11.3 Å². The Morgan fingerprint density at radius 3 is 2.71 bits per heavy atom. The highest BCUT2D eigenvalue weighted by Gasteiger charge is 2.36. The van der Waals surface area contributed by atoms with E-state index in [9.17, 15) is 14.4 Å². The molecule has 164 valence electrons. The fraction of sp³-hybridized carbons (Fsp3) is 0.435. The molecule has 0 N–H and O–H groups in total. The van der Waals surface area contributed by atoms with Gasteiger partial charge in [-0.3, -0.25) is 18.7 Å². The standard InChI is InChI=1S/C23H27N3O4S/c1-3-30-22(28)18-15-25(11-10-16(18)20-9-6-14-31-20)12-13-26-21(27)17-7-4-5-8-19(17)24(2)23(26)29/h4-9,14,16,18H,3,10-13,15H2,1-2H3/t16-,18+/m0/s1. The summed E-state index contributed by atoms with van der Waals surface area (Å²) in [5.74, 6) is -0.278. The number of benzene rings is 1. The Morgan fingerprint density at radius 2 is 1.97 bits per heavy atom. The summed E-state index contributed by atoms with van der Waals surface area (Å²) >= 11 is 1.67. The van der Waals surface area contributed by atoms with Crippen molar-refractivity contribution in [3.05, 3.63) is 67.5 Å². The molecule has 0 bridgehead atoms. The zero-order valence-electron chi connectivity index (χ0n) is 17.8. The lowest BCUT2D eigenvalue weighted by Crippen LogP contribution is -2.47. The average Bonchev–Trinajstić information content (AvgIpc) is 3.32. The third-order valence-electron chi connectivity index (χ3n) is 6.09. The van der Waals surface area contributed by atoms with Crippen LogP contribution in [0.25, 0.3) is 10.9 Å². The van der Waals surface area contributed by atoms with Crippen LogP contribution >= 0.6 is 11.3 Å². The number of thiophene rings is 1. The molecule has 1 aliphatic rings. The highest BCUT2D eigenvalue weighted by atomic mass is 32.1. The summed E-state index contributed by atoms with van der Waals surface area (Å²) < 4.78 is 8.17. The molecule has 7 nitrogen and oxygen atoms in total. The van der Waals surface area contributed by atoms with Crippen molar-refractivity contribution in [2.24, 2.45) is 13.0 Å². The zero-order valence-corrected chi connectivity index (χ0v) is 18.6. The summed E-state index contributed by atoms with van der Waals surface area (Å²) in [7, 11) is 1.68. The minimum Gasteiger partial charge on any atom is -0.466 e. The van der Waals surface area contributed by atoms with Crippen LogP contribution in [0.2, 0.25) is 0 Å². The summed E-state index contributed by atoms with van der Waals surface area (Å²) in [6, 6.07) is 11.2. The number of esters is 1. The molecule has 8 heteroatoms. The van der Waals surface area contributed by atoms with Crippen molar-refractivity contribution >= 4 is 28.2 Å². The molecular formula is C23H27N3O4S. The van der Waals surface area contributed by atoms with Crippen molar-refractivity contribution < 1.29 is 9.53 Å². The van der Waals surface area contributed by atoms with Crippen LogP contribution in [0, 0.1) is 5.92 Å². The average molecular weight is 442 g/mol. The lowest BCUT2D eigenvalue weighted by molar-refractivity contribution is -0.150. The quantitative estimate of drug-likeness (QED) is 0.550. The number of aromatic nitrogens is 2. The predicted molar refractivity (Wildman–Crippen MR) is 122 cm³/mol. The van der Waals surface area contributed by atoms with E-state index in [2.05, 4.69) is 11.0 Å². The van der Waals surface area contributed by atoms with E-state index in [0.717, 1.165) is 13.0 Å². The predicted octanol–water partition coefficient (Wildman–Crippen LogP) is 2.43. The normalized spacial score (nSPS) is 19.5. The molecule has 1 aliphatic heterocycles. The lowest BCUT2D eigenvalue weighted by Gasteiger charge is -2.37. The Balaban J connectivity index is 1.54. The zero-order chi connectivity index (χ0) is 22.0. The van der Waals surface area contributed by atoms with Gasteiger partial charge in [-0.2, -0.15) is 0 Å². The molecule has 1 fully saturated rings. The van der Waals surface area contributed by atoms with Gasteiger partial charge in [0.1, 0.15) is 0 Å². The van der Waals surface area contributed by atoms with Gasteiger partial charge in [0.2, 0.25) is 0 Å². The maximum Gasteiger partial charge on any atom is 0.331 e. The summed E-state index contributed by atoms with van der Waals surface area (Å²) in [6.07, 6.45) is 0.842. The maximum absolute atomic E-state index is 12.9. The molecule has 0 amide bonds. The number of fused-ring (bicyclic) bond motifs is 1. The highest BCUT2D eigenvalue weighted by Crippen LogP contribution is 2.36. The minimum atomic E-state index is -0.320. The van der Waals surface area contributed by atoms with Crippen LogP contribution in [0.3, 0.4) is 0 Å². The van der Waals surface area contributed by atoms with Crippen LogP contribution < -0.4 is 11.2 Å². The van der Waals surface area contributed by atoms with Gasteiger partial charge >= 0.3 is 11.7 Å². The lowest BCUT2D eigenvalue weighted by atomic mass is 9.84. The number of carbonyl (C=O) groups is 1. The minimum absolute atomic E-state index is 0.145. The maximum atomic E-state index is 12.9. The third-order valence-corrected chi connectivity index (χ3v) is 7.10. The third kappa shape index (κ3) is 4.22. The van der Waals surface area contributed by atoms with E-state index in [0.29, 0.717) is 30.6 Å². The van der Waals surface area contributed by atoms with E-state index in [1.807, 2.05) is 24.4 Å². The number of likely N-dealkylation sites (tertiary alicyclic amines) is 1. The smallest absolute Gasteiger partial charge is 0.331 e. The molecule has 1 saturated heterocycles. The number of carbonyl (C=O) groups excluding carboxylic acids is 1. The highest BCUT2D eigenvalue weighted by molar-refractivity contribution is 7.10. The first-order valence-corrected chi connectivity index (χ1v) is 11.5. The van der Waals surface area contributed by atoms with Crippen LogP contribution in [0.5, 0.6) is 0 Å². The second kappa shape index (κ2) is 9.20. The van der Waals surface area contributed by atoms with Crippen molar-refractivity contribution in [1.82, 2.24) is 14.0 Å². The number of hydrogen-bond acceptors (Lipinski definition) is 6. The molecule has 0 aliphatic carbocycles. The van der Waals surface area contributed by atoms with Gasteiger partial charge < -0.3 is 9.64 Å². The number of aryl methyl sites for hydroxylation is 1. The monoisotopic (exact) mass is 441 g/mol. The van der Waals surface area contributed by atoms with Crippen LogP contribution in [0.1, 0.15) is 24.1 Å². The van der Waals surface area contributed by atoms with Crippen LogP contribution in [-0.2, 0) is 23.1 Å². The van der Waals surface area contributed by atoms with Gasteiger partial charge in [0.15, 0.2) is 0 Å². The number of rotatable bonds is 6. The molecule has 0 radical (unpaired) electrons. The van der Waals surface area contributed by atoms with Crippen molar-refractivity contribution in [3.63, 3.8) is 0 Å². The number of hydrogen-bond donors (Lipinski definition) is 0. The fourth-order valence-electron chi connectivity index (χ4n) is 4.46. The van der Waals surface area contributed by atoms with E-state index in [1.54, 1.807) is 36.6 Å². The van der Waals surface area contributed by atoms with Crippen molar-refractivity contribution in [1.29, 1.82) is 0 Å². The Kier molecular flexibility index (Phi) is 6.38. The second-order valence-corrected chi connectivity index (χ2v) is 8.86. The van der Waals surface area contributed by atoms with Crippen molar-refractivity contribution in [2.45, 2.75) is 25.8 Å². The molecule has 2 aromatic heterocycles. The Labute approximate surface area is 184 Å². The first kappa shape index (κ1) is 21.5. The topological polar surface area (TPSA) is 73.5 Å². The van der Waals surface area contributed by atoms with Crippen LogP contribution in [0.15, 0.2) is 51.4 Å². The molecule has 0 saturated carbocycles. The van der Waals surface area contributed by atoms with Crippen LogP contribution in [-0.4, -0.2) is 46.2 Å². The van der Waals surface area contributed by atoms with Crippen LogP contribution in [0.4, 0.5) is 0 Å². The number of para-hydroxylation sites is 1. The van der Waals surface area contributed by atoms with Gasteiger partial charge in [0.25, 0.3) is 5.56 Å². The number of ether oxygens (including phenoxy) is 1. The number of piperidine rings is 1. The summed E-state index contributed by atoms with van der Waals surface area (Å²) in [6.45, 7) is 4.36. The van der Waals surface area contributed by atoms with Crippen molar-refractivity contribution in [2.75, 3.05) is 26.2 Å². The Morgan fingerprint density at radius 1 is 1.16 bits per heavy atom. The molecule has 2 atom stereocenters. The Hall–Kier alpha value is -2.71. The molecule has 1 aromatic carbocycles. The molecule has 31 heavy (non-hydrogen) atoms. The first-order chi connectivity index (χ1) is 15.0. The van der Waals surface area contributed by atoms with Gasteiger partial charge in [-0.05, 0) is 43.5 Å². The SMILES string of the molecule is CCOC(=O)[C@@H]1CN(CCn2c(=O)c3ccccc3n(C)c2=O)CC[C@@H]1c1cccs1. The molecule has 0 unspecified atom stereocenters. The molecule has 3 heterocycles. The van der Waals surface area contributed by atoms with E-state index < -0.39 is 0 Å². The van der Waals surface area contributed by atoms with E-state index >= 15 is 0 Å². The summed E-state index contributed by atoms with van der Waals surface area (Å²) in [4.78, 5) is 41.7.